The highest BCUT2D eigenvalue weighted by Crippen LogP contribution is 2.20. The molecule has 0 aliphatic rings. The molecule has 0 saturated carbocycles. The lowest BCUT2D eigenvalue weighted by atomic mass is 10.7. The van der Waals surface area contributed by atoms with E-state index in [1.807, 2.05) is 0 Å². The zero-order chi connectivity index (χ0) is 15.4. The van der Waals surface area contributed by atoms with Gasteiger partial charge in [-0.2, -0.15) is 0 Å². The summed E-state index contributed by atoms with van der Waals surface area (Å²) in [6.07, 6.45) is 0. The smallest absolute Gasteiger partial charge is 0.188 e. The molecular formula is C12H36N4Si3. The Bertz CT molecular complexity index is 243. The predicted octanol–water partition coefficient (Wildman–Crippen LogP) is 1.16. The summed E-state index contributed by atoms with van der Waals surface area (Å²) in [5.41, 5.74) is 0. The Balaban J connectivity index is 5.44. The van der Waals surface area contributed by atoms with Crippen LogP contribution >= 0.6 is 0 Å². The van der Waals surface area contributed by atoms with Gasteiger partial charge in [-0.05, 0) is 67.5 Å². The third kappa shape index (κ3) is 4.76. The van der Waals surface area contributed by atoms with E-state index < -0.39 is 26.6 Å². The van der Waals surface area contributed by atoms with E-state index >= 15 is 0 Å². The topological polar surface area (TPSA) is 13.0 Å². The molecule has 0 aliphatic heterocycles. The Kier molecular flexibility index (Phi) is 8.27. The summed E-state index contributed by atoms with van der Waals surface area (Å²) in [4.78, 5) is 0. The van der Waals surface area contributed by atoms with Crippen LogP contribution in [0.5, 0.6) is 0 Å². The average Bonchev–Trinajstić information content (AvgIpc) is 2.29. The lowest BCUT2D eigenvalue weighted by Crippen LogP contribution is -2.73. The summed E-state index contributed by atoms with van der Waals surface area (Å²) in [7, 11) is 5.51. The highest BCUT2D eigenvalue weighted by Gasteiger charge is 2.42. The average molecular weight is 321 g/mol. The quantitative estimate of drug-likeness (QED) is 0.622. The van der Waals surface area contributed by atoms with Crippen LogP contribution in [-0.4, -0.2) is 85.5 Å². The number of hydrogen-bond acceptors (Lipinski definition) is 4. The molecule has 2 atom stereocenters. The van der Waals surface area contributed by atoms with Crippen LogP contribution in [0.25, 0.3) is 0 Å². The van der Waals surface area contributed by atoms with Gasteiger partial charge >= 0.3 is 0 Å². The molecule has 0 amide bonds. The highest BCUT2D eigenvalue weighted by molar-refractivity contribution is 6.91. The van der Waals surface area contributed by atoms with E-state index in [-0.39, 0.29) is 0 Å². The predicted molar refractivity (Wildman–Crippen MR) is 95.6 cm³/mol. The van der Waals surface area contributed by atoms with E-state index in [4.69, 9.17) is 0 Å². The SMILES string of the molecule is CCN(CC)[Si](C)(C)N([SiH](C)N(C)C)[SiH](C)N(C)C. The summed E-state index contributed by atoms with van der Waals surface area (Å²) in [5, 5.41) is 0. The lowest BCUT2D eigenvalue weighted by molar-refractivity contribution is 0.432. The number of nitrogens with zero attached hydrogens (tertiary/aromatic N) is 4. The van der Waals surface area contributed by atoms with Crippen LogP contribution in [0, 0.1) is 0 Å². The lowest BCUT2D eigenvalue weighted by Gasteiger charge is -2.52. The van der Waals surface area contributed by atoms with Crippen molar-refractivity contribution in [3.8, 4) is 0 Å². The first kappa shape index (κ1) is 19.5. The molecule has 0 spiro atoms. The van der Waals surface area contributed by atoms with Gasteiger partial charge in [-0.1, -0.05) is 13.8 Å². The Morgan fingerprint density at radius 3 is 1.32 bits per heavy atom. The van der Waals surface area contributed by atoms with Crippen molar-refractivity contribution in [2.75, 3.05) is 41.3 Å². The highest BCUT2D eigenvalue weighted by atomic mass is 28.5. The molecule has 0 rings (SSSR count). The van der Waals surface area contributed by atoms with E-state index in [2.05, 4.69) is 85.8 Å². The fourth-order valence-corrected chi connectivity index (χ4v) is 19.5. The second-order valence-electron chi connectivity index (χ2n) is 6.26. The van der Waals surface area contributed by atoms with Gasteiger partial charge in [0.2, 0.25) is 0 Å². The van der Waals surface area contributed by atoms with Crippen molar-refractivity contribution in [1.29, 1.82) is 0 Å². The third-order valence-corrected chi connectivity index (χ3v) is 21.1. The molecule has 0 aliphatic carbocycles. The van der Waals surface area contributed by atoms with Crippen molar-refractivity contribution < 1.29 is 0 Å². The van der Waals surface area contributed by atoms with Crippen LogP contribution in [0.15, 0.2) is 0 Å². The molecule has 116 valence electrons. The monoisotopic (exact) mass is 320 g/mol. The minimum absolute atomic E-state index is 1.01. The van der Waals surface area contributed by atoms with E-state index in [0.717, 1.165) is 0 Å². The summed E-state index contributed by atoms with van der Waals surface area (Å²) in [6.45, 7) is 17.0. The molecular weight excluding hydrogens is 284 g/mol. The fourth-order valence-electron chi connectivity index (χ4n) is 2.89. The zero-order valence-electron chi connectivity index (χ0n) is 14.9. The van der Waals surface area contributed by atoms with Gasteiger partial charge in [-0.3, -0.25) is 0 Å². The first-order valence-corrected chi connectivity index (χ1v) is 14.7. The van der Waals surface area contributed by atoms with E-state index in [1.165, 1.54) is 13.1 Å². The third-order valence-electron chi connectivity index (χ3n) is 4.47. The molecule has 0 heterocycles. The van der Waals surface area contributed by atoms with Gasteiger partial charge in [0.1, 0.15) is 0 Å². The van der Waals surface area contributed by atoms with E-state index in [1.54, 1.807) is 0 Å². The largest absolute Gasteiger partial charge is 0.337 e. The van der Waals surface area contributed by atoms with Gasteiger partial charge in [-0.15, -0.1) is 0 Å². The molecule has 19 heavy (non-hydrogen) atoms. The maximum atomic E-state index is 3.00. The maximum Gasteiger partial charge on any atom is 0.188 e. The van der Waals surface area contributed by atoms with Gasteiger partial charge < -0.3 is 17.6 Å². The second-order valence-corrected chi connectivity index (χ2v) is 17.7. The van der Waals surface area contributed by atoms with Gasteiger partial charge in [0.05, 0.1) is 0 Å². The normalized spacial score (nSPS) is 16.7. The van der Waals surface area contributed by atoms with Gasteiger partial charge in [0, 0.05) is 0 Å². The van der Waals surface area contributed by atoms with Crippen LogP contribution < -0.4 is 0 Å². The Hall–Kier alpha value is 0.491. The Morgan fingerprint density at radius 2 is 1.11 bits per heavy atom. The standard InChI is InChI=1S/C12H36N4Si3/c1-11-15(12-2)19(9,10)16(17(7)13(3)4)18(8)14(5)6/h17-18H,11-12H2,1-10H3. The van der Waals surface area contributed by atoms with Crippen LogP contribution in [0.2, 0.25) is 26.2 Å². The number of rotatable bonds is 8. The molecule has 0 radical (unpaired) electrons. The first-order chi connectivity index (χ1) is 8.61. The molecule has 7 heteroatoms. The molecule has 0 N–H and O–H groups in total. The molecule has 0 saturated heterocycles. The van der Waals surface area contributed by atoms with Gasteiger partial charge in [-0.25, -0.2) is 0 Å². The van der Waals surface area contributed by atoms with Crippen molar-refractivity contribution in [3.05, 3.63) is 0 Å². The van der Waals surface area contributed by atoms with Crippen molar-refractivity contribution in [2.24, 2.45) is 0 Å². The summed E-state index contributed by atoms with van der Waals surface area (Å²) >= 11 is 0. The zero-order valence-corrected chi connectivity index (χ0v) is 18.2. The summed E-state index contributed by atoms with van der Waals surface area (Å²) < 4.78 is 10.7. The summed E-state index contributed by atoms with van der Waals surface area (Å²) in [6, 6.07) is 0. The van der Waals surface area contributed by atoms with Crippen LogP contribution in [0.1, 0.15) is 13.8 Å². The molecule has 4 nitrogen and oxygen atoms in total. The molecule has 0 fully saturated rings. The number of hydrogen-bond donors (Lipinski definition) is 0. The maximum absolute atomic E-state index is 3.00. The second kappa shape index (κ2) is 8.06. The van der Waals surface area contributed by atoms with Crippen molar-refractivity contribution in [2.45, 2.75) is 40.0 Å². The van der Waals surface area contributed by atoms with E-state index in [9.17, 15) is 0 Å². The van der Waals surface area contributed by atoms with Crippen molar-refractivity contribution >= 4 is 26.6 Å². The Labute approximate surface area is 126 Å². The van der Waals surface area contributed by atoms with Crippen LogP contribution in [0.4, 0.5) is 0 Å². The van der Waals surface area contributed by atoms with Crippen molar-refractivity contribution in [1.82, 2.24) is 17.6 Å². The Morgan fingerprint density at radius 1 is 0.789 bits per heavy atom. The van der Waals surface area contributed by atoms with Crippen LogP contribution in [-0.2, 0) is 0 Å². The van der Waals surface area contributed by atoms with Gasteiger partial charge in [0.15, 0.2) is 26.6 Å². The molecule has 0 bridgehead atoms. The fraction of sp³-hybridized carbons (Fsp3) is 1.00. The van der Waals surface area contributed by atoms with E-state index in [0.29, 0.717) is 0 Å². The van der Waals surface area contributed by atoms with Crippen molar-refractivity contribution in [3.63, 3.8) is 0 Å². The minimum Gasteiger partial charge on any atom is -0.337 e. The molecule has 0 aromatic carbocycles. The molecule has 0 aromatic heterocycles. The summed E-state index contributed by atoms with van der Waals surface area (Å²) in [5.74, 6) is 0. The van der Waals surface area contributed by atoms with Crippen LogP contribution in [0.3, 0.4) is 0 Å². The molecule has 2 unspecified atom stereocenters. The van der Waals surface area contributed by atoms with Gasteiger partial charge in [0.25, 0.3) is 0 Å². The first-order valence-electron chi connectivity index (χ1n) is 7.47. The minimum atomic E-state index is -1.51. The molecule has 0 aromatic rings.